The van der Waals surface area contributed by atoms with Crippen molar-refractivity contribution in [1.29, 1.82) is 5.26 Å². The lowest BCUT2D eigenvalue weighted by atomic mass is 10.0. The van der Waals surface area contributed by atoms with Crippen molar-refractivity contribution >= 4 is 21.8 Å². The number of aromatic nitrogens is 2. The molecule has 0 aliphatic heterocycles. The zero-order valence-corrected chi connectivity index (χ0v) is 24.4. The Morgan fingerprint density at radius 1 is 0.422 bits per heavy atom. The summed E-state index contributed by atoms with van der Waals surface area (Å²) in [5, 5.41) is 11.7. The largest absolute Gasteiger partial charge is 0.294 e. The summed E-state index contributed by atoms with van der Waals surface area (Å²) in [5.41, 5.74) is 11.6. The quantitative estimate of drug-likeness (QED) is 0.205. The van der Waals surface area contributed by atoms with E-state index in [1.165, 1.54) is 33.0 Å². The summed E-state index contributed by atoms with van der Waals surface area (Å²) in [7, 11) is 0. The van der Waals surface area contributed by atoms with Crippen molar-refractivity contribution in [2.45, 2.75) is 0 Å². The second-order valence-electron chi connectivity index (χ2n) is 11.2. The number of nitriles is 1. The molecule has 6 aromatic carbocycles. The Hall–Kier alpha value is -6.24. The summed E-state index contributed by atoms with van der Waals surface area (Å²) in [6.45, 7) is 0. The van der Waals surface area contributed by atoms with Gasteiger partial charge in [0, 0.05) is 16.3 Å². The minimum absolute atomic E-state index is 0.629. The number of fused-ring (bicyclic) bond motifs is 3. The number of nitrogens with zero attached hydrogens (tertiary/aromatic N) is 3. The minimum atomic E-state index is 0.629. The molecule has 8 rings (SSSR count). The lowest BCUT2D eigenvalue weighted by Crippen LogP contribution is -2.00. The molecule has 0 amide bonds. The molecule has 0 saturated heterocycles. The van der Waals surface area contributed by atoms with Crippen LogP contribution in [0.4, 0.5) is 0 Å². The van der Waals surface area contributed by atoms with Gasteiger partial charge in [-0.3, -0.25) is 4.57 Å². The van der Waals surface area contributed by atoms with Crippen LogP contribution in [0.1, 0.15) is 5.56 Å². The number of benzene rings is 6. The van der Waals surface area contributed by atoms with Crippen molar-refractivity contribution < 1.29 is 0 Å². The normalized spacial score (nSPS) is 11.1. The maximum atomic E-state index is 9.38. The highest BCUT2D eigenvalue weighted by molar-refractivity contribution is 6.11. The van der Waals surface area contributed by atoms with Crippen molar-refractivity contribution in [2.75, 3.05) is 0 Å². The third-order valence-electron chi connectivity index (χ3n) is 8.44. The third-order valence-corrected chi connectivity index (χ3v) is 8.44. The summed E-state index contributed by atoms with van der Waals surface area (Å²) in [4.78, 5) is 5.27. The average Bonchev–Trinajstić information content (AvgIpc) is 3.45. The maximum Gasteiger partial charge on any atom is 0.138 e. The monoisotopic (exact) mass is 573 g/mol. The molecule has 0 atom stereocenters. The van der Waals surface area contributed by atoms with Crippen LogP contribution >= 0.6 is 0 Å². The van der Waals surface area contributed by atoms with E-state index < -0.39 is 0 Å². The molecule has 45 heavy (non-hydrogen) atoms. The Morgan fingerprint density at radius 2 is 0.889 bits per heavy atom. The topological polar surface area (TPSA) is 41.6 Å². The summed E-state index contributed by atoms with van der Waals surface area (Å²) in [6, 6.07) is 59.1. The number of hydrogen-bond acceptors (Lipinski definition) is 2. The first kappa shape index (κ1) is 26.4. The second kappa shape index (κ2) is 11.1. The molecule has 0 radical (unpaired) electrons. The standard InChI is InChI=1S/C42H27N3/c43-28-29-16-18-33(19-17-29)39-26-36(32-14-8-3-9-15-32)27-42(44-39)45-40-22-20-34(30-10-4-1-5-11-30)24-37(40)38-25-35(21-23-41(38)45)31-12-6-2-7-13-31/h1-27H. The van der Waals surface area contributed by atoms with Gasteiger partial charge in [0.2, 0.25) is 0 Å². The predicted octanol–water partition coefficient (Wildman–Crippen LogP) is 10.7. The van der Waals surface area contributed by atoms with Crippen LogP contribution in [-0.4, -0.2) is 9.55 Å². The summed E-state index contributed by atoms with van der Waals surface area (Å²) in [6.07, 6.45) is 0. The van der Waals surface area contributed by atoms with E-state index in [9.17, 15) is 5.26 Å². The van der Waals surface area contributed by atoms with Crippen molar-refractivity contribution in [3.05, 3.63) is 169 Å². The maximum absolute atomic E-state index is 9.38. The minimum Gasteiger partial charge on any atom is -0.294 e. The van der Waals surface area contributed by atoms with Crippen LogP contribution in [-0.2, 0) is 0 Å². The molecule has 0 aliphatic rings. The first-order valence-electron chi connectivity index (χ1n) is 15.0. The highest BCUT2D eigenvalue weighted by Crippen LogP contribution is 2.38. The molecular weight excluding hydrogens is 546 g/mol. The SMILES string of the molecule is N#Cc1ccc(-c2cc(-c3ccccc3)cc(-n3c4ccc(-c5ccccc5)cc4c4cc(-c5ccccc5)ccc43)n2)cc1. The molecule has 0 N–H and O–H groups in total. The van der Waals surface area contributed by atoms with Gasteiger partial charge in [-0.15, -0.1) is 0 Å². The van der Waals surface area contributed by atoms with Gasteiger partial charge in [-0.25, -0.2) is 4.98 Å². The smallest absolute Gasteiger partial charge is 0.138 e. The van der Waals surface area contributed by atoms with Gasteiger partial charge < -0.3 is 0 Å². The van der Waals surface area contributed by atoms with Crippen LogP contribution in [0.25, 0.3) is 72.3 Å². The van der Waals surface area contributed by atoms with Gasteiger partial charge in [-0.05, 0) is 81.9 Å². The van der Waals surface area contributed by atoms with Gasteiger partial charge >= 0.3 is 0 Å². The predicted molar refractivity (Wildman–Crippen MR) is 185 cm³/mol. The van der Waals surface area contributed by atoms with Crippen molar-refractivity contribution in [1.82, 2.24) is 9.55 Å². The van der Waals surface area contributed by atoms with E-state index in [-0.39, 0.29) is 0 Å². The fourth-order valence-corrected chi connectivity index (χ4v) is 6.18. The van der Waals surface area contributed by atoms with Gasteiger partial charge in [-0.2, -0.15) is 5.26 Å². The van der Waals surface area contributed by atoms with Crippen LogP contribution in [0.5, 0.6) is 0 Å². The number of rotatable bonds is 5. The van der Waals surface area contributed by atoms with E-state index >= 15 is 0 Å². The lowest BCUT2D eigenvalue weighted by molar-refractivity contribution is 1.08. The Bertz CT molecular complexity index is 2250. The molecule has 0 unspecified atom stereocenters. The molecule has 0 bridgehead atoms. The van der Waals surface area contributed by atoms with Crippen molar-refractivity contribution in [3.8, 4) is 56.5 Å². The van der Waals surface area contributed by atoms with E-state index in [0.29, 0.717) is 5.56 Å². The molecule has 0 fully saturated rings. The Balaban J connectivity index is 1.41. The highest BCUT2D eigenvalue weighted by atomic mass is 15.1. The van der Waals surface area contributed by atoms with Gasteiger partial charge in [-0.1, -0.05) is 115 Å². The van der Waals surface area contributed by atoms with Gasteiger partial charge in [0.05, 0.1) is 28.4 Å². The van der Waals surface area contributed by atoms with Gasteiger partial charge in [0.15, 0.2) is 0 Å². The Labute approximate surface area is 261 Å². The summed E-state index contributed by atoms with van der Waals surface area (Å²) < 4.78 is 2.29. The van der Waals surface area contributed by atoms with Crippen LogP contribution < -0.4 is 0 Å². The second-order valence-corrected chi connectivity index (χ2v) is 11.2. The van der Waals surface area contributed by atoms with Gasteiger partial charge in [0.25, 0.3) is 0 Å². The van der Waals surface area contributed by atoms with E-state index in [2.05, 4.69) is 144 Å². The molecule has 3 nitrogen and oxygen atoms in total. The van der Waals surface area contributed by atoms with Crippen LogP contribution in [0.15, 0.2) is 164 Å². The van der Waals surface area contributed by atoms with E-state index in [4.69, 9.17) is 4.98 Å². The number of hydrogen-bond donors (Lipinski definition) is 0. The molecule has 2 heterocycles. The van der Waals surface area contributed by atoms with Crippen molar-refractivity contribution in [3.63, 3.8) is 0 Å². The lowest BCUT2D eigenvalue weighted by Gasteiger charge is -2.13. The van der Waals surface area contributed by atoms with E-state index in [1.807, 2.05) is 30.3 Å². The fraction of sp³-hybridized carbons (Fsp3) is 0. The van der Waals surface area contributed by atoms with Crippen LogP contribution in [0.3, 0.4) is 0 Å². The molecule has 0 spiro atoms. The molecule has 0 saturated carbocycles. The van der Waals surface area contributed by atoms with Crippen LogP contribution in [0, 0.1) is 11.3 Å². The molecule has 8 aromatic rings. The molecule has 210 valence electrons. The first-order chi connectivity index (χ1) is 22.2. The molecule has 3 heteroatoms. The average molecular weight is 574 g/mol. The third kappa shape index (κ3) is 4.85. The fourth-order valence-electron chi connectivity index (χ4n) is 6.18. The van der Waals surface area contributed by atoms with E-state index in [1.54, 1.807) is 0 Å². The van der Waals surface area contributed by atoms with Crippen LogP contribution in [0.2, 0.25) is 0 Å². The molecular formula is C42H27N3. The van der Waals surface area contributed by atoms with Gasteiger partial charge in [0.1, 0.15) is 5.82 Å². The first-order valence-corrected chi connectivity index (χ1v) is 15.0. The summed E-state index contributed by atoms with van der Waals surface area (Å²) >= 11 is 0. The number of pyridine rings is 1. The zero-order chi connectivity index (χ0) is 30.2. The molecule has 0 aliphatic carbocycles. The Morgan fingerprint density at radius 3 is 1.38 bits per heavy atom. The van der Waals surface area contributed by atoms with E-state index in [0.717, 1.165) is 39.2 Å². The summed E-state index contributed by atoms with van der Waals surface area (Å²) in [5.74, 6) is 0.843. The van der Waals surface area contributed by atoms with Crippen molar-refractivity contribution in [2.24, 2.45) is 0 Å². The highest BCUT2D eigenvalue weighted by Gasteiger charge is 2.17. The molecule has 2 aromatic heterocycles. The Kier molecular flexibility index (Phi) is 6.52. The zero-order valence-electron chi connectivity index (χ0n) is 24.4.